The van der Waals surface area contributed by atoms with Crippen LogP contribution in [0.3, 0.4) is 0 Å². The van der Waals surface area contributed by atoms with Gasteiger partial charge < -0.3 is 0 Å². The summed E-state index contributed by atoms with van der Waals surface area (Å²) >= 11 is 1.67. The minimum absolute atomic E-state index is 0.251. The summed E-state index contributed by atoms with van der Waals surface area (Å²) < 4.78 is 30.5. The summed E-state index contributed by atoms with van der Waals surface area (Å²) in [4.78, 5) is 0.288. The third-order valence-electron chi connectivity index (χ3n) is 5.69. The Morgan fingerprint density at radius 2 is 1.45 bits per heavy atom. The van der Waals surface area contributed by atoms with Gasteiger partial charge in [0.1, 0.15) is 0 Å². The van der Waals surface area contributed by atoms with Crippen molar-refractivity contribution in [1.82, 2.24) is 0 Å². The number of hydrogen-bond donors (Lipinski definition) is 0. The number of fused-ring (bicyclic) bond motifs is 1. The number of aryl methyl sites for hydroxylation is 1. The predicted molar refractivity (Wildman–Crippen MR) is 138 cm³/mol. The van der Waals surface area contributed by atoms with E-state index in [1.807, 2.05) is 79.7 Å². The molecule has 0 amide bonds. The van der Waals surface area contributed by atoms with Gasteiger partial charge in [0, 0.05) is 10.3 Å². The van der Waals surface area contributed by atoms with E-state index in [0.717, 1.165) is 32.3 Å². The van der Waals surface area contributed by atoms with E-state index < -0.39 is 10.0 Å². The van der Waals surface area contributed by atoms with E-state index in [2.05, 4.69) is 23.6 Å². The molecule has 0 saturated heterocycles. The van der Waals surface area contributed by atoms with Crippen molar-refractivity contribution in [3.05, 3.63) is 120 Å². The fourth-order valence-corrected chi connectivity index (χ4v) is 6.30. The fraction of sp³-hybridized carbons (Fsp3) is 0.0714. The van der Waals surface area contributed by atoms with Gasteiger partial charge in [0.05, 0.1) is 17.1 Å². The SMILES string of the molecule is Cc1ccc(S(=O)(=O)N(Cc2ccccc2)c2cc(-c3ccccc3)c3sccc3c2)cc1. The van der Waals surface area contributed by atoms with Gasteiger partial charge in [0.25, 0.3) is 10.0 Å². The summed E-state index contributed by atoms with van der Waals surface area (Å²) in [6.45, 7) is 2.20. The lowest BCUT2D eigenvalue weighted by Crippen LogP contribution is -2.30. The van der Waals surface area contributed by atoms with Crippen molar-refractivity contribution in [3.8, 4) is 11.1 Å². The molecule has 0 aliphatic carbocycles. The van der Waals surface area contributed by atoms with Crippen molar-refractivity contribution in [2.45, 2.75) is 18.4 Å². The molecule has 0 N–H and O–H groups in total. The Hall–Kier alpha value is -3.41. The molecule has 0 bridgehead atoms. The Morgan fingerprint density at radius 3 is 2.15 bits per heavy atom. The fourth-order valence-electron chi connectivity index (χ4n) is 3.94. The lowest BCUT2D eigenvalue weighted by atomic mass is 10.0. The highest BCUT2D eigenvalue weighted by molar-refractivity contribution is 7.92. The van der Waals surface area contributed by atoms with Crippen LogP contribution in [0.1, 0.15) is 11.1 Å². The molecule has 0 atom stereocenters. The lowest BCUT2D eigenvalue weighted by molar-refractivity contribution is 0.590. The van der Waals surface area contributed by atoms with Crippen molar-refractivity contribution in [3.63, 3.8) is 0 Å². The normalized spacial score (nSPS) is 11.5. The van der Waals surface area contributed by atoms with Crippen LogP contribution in [-0.2, 0) is 16.6 Å². The maximum absolute atomic E-state index is 13.9. The Labute approximate surface area is 198 Å². The Balaban J connectivity index is 1.71. The Morgan fingerprint density at radius 1 is 0.788 bits per heavy atom. The average Bonchev–Trinajstić information content (AvgIpc) is 3.32. The third-order valence-corrected chi connectivity index (χ3v) is 8.44. The van der Waals surface area contributed by atoms with Crippen LogP contribution in [0, 0.1) is 6.92 Å². The van der Waals surface area contributed by atoms with Crippen molar-refractivity contribution < 1.29 is 8.42 Å². The van der Waals surface area contributed by atoms with Gasteiger partial charge in [-0.25, -0.2) is 8.42 Å². The highest BCUT2D eigenvalue weighted by Crippen LogP contribution is 2.38. The van der Waals surface area contributed by atoms with E-state index in [1.165, 1.54) is 4.31 Å². The first-order chi connectivity index (χ1) is 16.0. The van der Waals surface area contributed by atoms with Crippen LogP contribution < -0.4 is 4.31 Å². The summed E-state index contributed by atoms with van der Waals surface area (Å²) in [5.41, 5.74) is 4.72. The van der Waals surface area contributed by atoms with Crippen molar-refractivity contribution in [2.75, 3.05) is 4.31 Å². The average molecular weight is 470 g/mol. The first-order valence-electron chi connectivity index (χ1n) is 10.7. The van der Waals surface area contributed by atoms with Crippen LogP contribution in [-0.4, -0.2) is 8.42 Å². The molecule has 1 heterocycles. The maximum atomic E-state index is 13.9. The number of thiophene rings is 1. The van der Waals surface area contributed by atoms with E-state index in [-0.39, 0.29) is 11.4 Å². The molecule has 0 unspecified atom stereocenters. The minimum atomic E-state index is -3.78. The van der Waals surface area contributed by atoms with Gasteiger partial charge in [0.2, 0.25) is 0 Å². The smallest absolute Gasteiger partial charge is 0.262 e. The summed E-state index contributed by atoms with van der Waals surface area (Å²) in [6.07, 6.45) is 0. The van der Waals surface area contributed by atoms with E-state index in [0.29, 0.717) is 5.69 Å². The molecule has 0 radical (unpaired) electrons. The van der Waals surface area contributed by atoms with Gasteiger partial charge in [0.15, 0.2) is 0 Å². The molecule has 5 rings (SSSR count). The Bertz CT molecular complexity index is 1490. The molecule has 5 heteroatoms. The summed E-state index contributed by atoms with van der Waals surface area (Å²) in [5.74, 6) is 0. The first-order valence-corrected chi connectivity index (χ1v) is 13.0. The number of hydrogen-bond acceptors (Lipinski definition) is 3. The van der Waals surface area contributed by atoms with Crippen molar-refractivity contribution in [2.24, 2.45) is 0 Å². The molecular formula is C28H23NO2S2. The maximum Gasteiger partial charge on any atom is 0.264 e. The van der Waals surface area contributed by atoms with E-state index in [9.17, 15) is 8.42 Å². The molecule has 0 aliphatic rings. The molecule has 33 heavy (non-hydrogen) atoms. The molecule has 4 aromatic carbocycles. The lowest BCUT2D eigenvalue weighted by Gasteiger charge is -2.26. The second-order valence-corrected chi connectivity index (χ2v) is 10.8. The minimum Gasteiger partial charge on any atom is -0.262 e. The number of rotatable bonds is 6. The molecule has 5 aromatic rings. The van der Waals surface area contributed by atoms with E-state index >= 15 is 0 Å². The van der Waals surface area contributed by atoms with Crippen LogP contribution in [0.4, 0.5) is 5.69 Å². The van der Waals surface area contributed by atoms with Gasteiger partial charge >= 0.3 is 0 Å². The second kappa shape index (κ2) is 8.85. The number of sulfonamides is 1. The summed E-state index contributed by atoms with van der Waals surface area (Å²) in [7, 11) is -3.78. The predicted octanol–water partition coefficient (Wildman–Crippen LogP) is 7.27. The van der Waals surface area contributed by atoms with Crippen LogP contribution in [0.5, 0.6) is 0 Å². The second-order valence-electron chi connectivity index (χ2n) is 8.01. The largest absolute Gasteiger partial charge is 0.264 e. The van der Waals surface area contributed by atoms with E-state index in [1.54, 1.807) is 23.5 Å². The van der Waals surface area contributed by atoms with Gasteiger partial charge in [-0.2, -0.15) is 0 Å². The summed E-state index contributed by atoms with van der Waals surface area (Å²) in [6, 6.07) is 32.9. The highest BCUT2D eigenvalue weighted by Gasteiger charge is 2.26. The highest BCUT2D eigenvalue weighted by atomic mass is 32.2. The number of nitrogens with zero attached hydrogens (tertiary/aromatic N) is 1. The van der Waals surface area contributed by atoms with E-state index in [4.69, 9.17) is 0 Å². The van der Waals surface area contributed by atoms with Gasteiger partial charge in [-0.15, -0.1) is 11.3 Å². The molecule has 3 nitrogen and oxygen atoms in total. The van der Waals surface area contributed by atoms with Gasteiger partial charge in [-0.3, -0.25) is 4.31 Å². The third kappa shape index (κ3) is 4.30. The zero-order chi connectivity index (χ0) is 22.8. The van der Waals surface area contributed by atoms with Crippen molar-refractivity contribution >= 4 is 37.1 Å². The van der Waals surface area contributed by atoms with Crippen LogP contribution in [0.2, 0.25) is 0 Å². The zero-order valence-electron chi connectivity index (χ0n) is 18.2. The number of anilines is 1. The molecule has 0 aliphatic heterocycles. The topological polar surface area (TPSA) is 37.4 Å². The molecule has 0 spiro atoms. The zero-order valence-corrected chi connectivity index (χ0v) is 19.8. The molecule has 0 fully saturated rings. The quantitative estimate of drug-likeness (QED) is 0.262. The van der Waals surface area contributed by atoms with Gasteiger partial charge in [-0.1, -0.05) is 78.4 Å². The van der Waals surface area contributed by atoms with Crippen molar-refractivity contribution in [1.29, 1.82) is 0 Å². The van der Waals surface area contributed by atoms with Gasteiger partial charge in [-0.05, 0) is 59.1 Å². The summed E-state index contributed by atoms with van der Waals surface area (Å²) in [5, 5.41) is 3.09. The molecular weight excluding hydrogens is 446 g/mol. The van der Waals surface area contributed by atoms with Crippen LogP contribution in [0.15, 0.2) is 113 Å². The van der Waals surface area contributed by atoms with Crippen LogP contribution >= 0.6 is 11.3 Å². The standard InChI is InChI=1S/C28H23NO2S2/c1-21-12-14-26(15-13-21)33(30,31)29(20-22-8-4-2-5-9-22)25-18-24-16-17-32-28(24)27(19-25)23-10-6-3-7-11-23/h2-19H,20H2,1H3. The first kappa shape index (κ1) is 21.4. The number of benzene rings is 4. The molecule has 1 aromatic heterocycles. The monoisotopic (exact) mass is 469 g/mol. The molecule has 164 valence electrons. The Kier molecular flexibility index (Phi) is 5.75. The van der Waals surface area contributed by atoms with Crippen LogP contribution in [0.25, 0.3) is 21.2 Å². The molecule has 0 saturated carbocycles.